The number of aromatic nitrogens is 2. The fourth-order valence-electron chi connectivity index (χ4n) is 1.52. The van der Waals surface area contributed by atoms with E-state index in [0.717, 1.165) is 19.5 Å². The van der Waals surface area contributed by atoms with E-state index in [2.05, 4.69) is 41.9 Å². The second-order valence-electron chi connectivity index (χ2n) is 3.26. The average molecular weight is 181 g/mol. The Morgan fingerprint density at radius 3 is 2.92 bits per heavy atom. The monoisotopic (exact) mass is 181 g/mol. The lowest BCUT2D eigenvalue weighted by Gasteiger charge is -2.14. The molecule has 0 saturated carbocycles. The molecule has 1 rings (SSSR count). The van der Waals surface area contributed by atoms with Crippen LogP contribution in [0.25, 0.3) is 0 Å². The Morgan fingerprint density at radius 2 is 2.31 bits per heavy atom. The molecule has 0 fully saturated rings. The van der Waals surface area contributed by atoms with Crippen LogP contribution in [0.5, 0.6) is 0 Å². The van der Waals surface area contributed by atoms with Crippen LogP contribution in [0, 0.1) is 0 Å². The van der Waals surface area contributed by atoms with E-state index in [9.17, 15) is 0 Å². The topological polar surface area (TPSA) is 29.9 Å². The van der Waals surface area contributed by atoms with Crippen LogP contribution in [-0.2, 0) is 6.54 Å². The Morgan fingerprint density at radius 1 is 1.54 bits per heavy atom. The van der Waals surface area contributed by atoms with Gasteiger partial charge in [0.2, 0.25) is 0 Å². The fourth-order valence-corrected chi connectivity index (χ4v) is 1.52. The van der Waals surface area contributed by atoms with Crippen LogP contribution in [-0.4, -0.2) is 16.3 Å². The van der Waals surface area contributed by atoms with Crippen molar-refractivity contribution < 1.29 is 0 Å². The number of nitrogens with one attached hydrogen (secondary N) is 1. The van der Waals surface area contributed by atoms with E-state index in [1.54, 1.807) is 0 Å². The van der Waals surface area contributed by atoms with Crippen molar-refractivity contribution in [3.8, 4) is 0 Å². The van der Waals surface area contributed by atoms with Crippen LogP contribution in [0.1, 0.15) is 38.9 Å². The third kappa shape index (κ3) is 2.56. The summed E-state index contributed by atoms with van der Waals surface area (Å²) in [5.74, 6) is 0. The molecule has 1 heterocycles. The molecule has 3 heteroatoms. The maximum absolute atomic E-state index is 4.29. The summed E-state index contributed by atoms with van der Waals surface area (Å²) in [5, 5.41) is 7.67. The van der Waals surface area contributed by atoms with E-state index in [4.69, 9.17) is 0 Å². The molecule has 0 aromatic carbocycles. The molecule has 1 aromatic heterocycles. The first-order valence-corrected chi connectivity index (χ1v) is 5.04. The number of rotatable bonds is 5. The largest absolute Gasteiger partial charge is 0.309 e. The summed E-state index contributed by atoms with van der Waals surface area (Å²) in [6, 6.07) is 2.49. The summed E-state index contributed by atoms with van der Waals surface area (Å²) >= 11 is 0. The lowest BCUT2D eigenvalue weighted by Crippen LogP contribution is -2.21. The van der Waals surface area contributed by atoms with E-state index in [0.29, 0.717) is 6.04 Å². The Bertz CT molecular complexity index is 242. The van der Waals surface area contributed by atoms with Gasteiger partial charge in [0.15, 0.2) is 0 Å². The molecule has 0 amide bonds. The van der Waals surface area contributed by atoms with Gasteiger partial charge in [0.25, 0.3) is 0 Å². The highest BCUT2D eigenvalue weighted by atomic mass is 15.3. The molecule has 1 aromatic rings. The second-order valence-corrected chi connectivity index (χ2v) is 3.26. The van der Waals surface area contributed by atoms with Crippen molar-refractivity contribution in [3.63, 3.8) is 0 Å². The summed E-state index contributed by atoms with van der Waals surface area (Å²) in [4.78, 5) is 0. The predicted molar refractivity (Wildman–Crippen MR) is 54.6 cm³/mol. The first-order valence-electron chi connectivity index (χ1n) is 5.04. The molecule has 3 nitrogen and oxygen atoms in total. The van der Waals surface area contributed by atoms with E-state index >= 15 is 0 Å². The van der Waals surface area contributed by atoms with Crippen LogP contribution >= 0.6 is 0 Å². The minimum absolute atomic E-state index is 0.402. The predicted octanol–water partition coefficient (Wildman–Crippen LogP) is 1.96. The van der Waals surface area contributed by atoms with Gasteiger partial charge >= 0.3 is 0 Å². The maximum atomic E-state index is 4.29. The lowest BCUT2D eigenvalue weighted by atomic mass is 10.2. The van der Waals surface area contributed by atoms with Gasteiger partial charge in [-0.3, -0.25) is 4.68 Å². The molecule has 1 atom stereocenters. The molecule has 0 aliphatic heterocycles. The molecular weight excluding hydrogens is 162 g/mol. The second kappa shape index (κ2) is 5.02. The molecule has 0 spiro atoms. The Labute approximate surface area is 80.1 Å². The molecule has 13 heavy (non-hydrogen) atoms. The molecule has 74 valence electrons. The zero-order chi connectivity index (χ0) is 9.68. The quantitative estimate of drug-likeness (QED) is 0.752. The molecule has 0 radical (unpaired) electrons. The minimum Gasteiger partial charge on any atom is -0.309 e. The van der Waals surface area contributed by atoms with Gasteiger partial charge < -0.3 is 5.32 Å². The average Bonchev–Trinajstić information content (AvgIpc) is 2.54. The summed E-state index contributed by atoms with van der Waals surface area (Å²) in [5.41, 5.74) is 1.28. The molecule has 1 unspecified atom stereocenters. The molecule has 0 aliphatic rings. The summed E-state index contributed by atoms with van der Waals surface area (Å²) in [7, 11) is 0. The van der Waals surface area contributed by atoms with Crippen molar-refractivity contribution in [3.05, 3.63) is 18.0 Å². The van der Waals surface area contributed by atoms with Crippen molar-refractivity contribution in [1.29, 1.82) is 0 Å². The third-order valence-corrected chi connectivity index (χ3v) is 2.14. The summed E-state index contributed by atoms with van der Waals surface area (Å²) in [6.45, 7) is 8.48. The van der Waals surface area contributed by atoms with Gasteiger partial charge in [0.1, 0.15) is 0 Å². The first-order chi connectivity index (χ1) is 6.29. The first kappa shape index (κ1) is 10.3. The Hall–Kier alpha value is -0.830. The SMILES string of the molecule is CCCn1nccc1C(C)NCC. The number of aryl methyl sites for hydroxylation is 1. The minimum atomic E-state index is 0.402. The van der Waals surface area contributed by atoms with Gasteiger partial charge in [0.05, 0.1) is 5.69 Å². The lowest BCUT2D eigenvalue weighted by molar-refractivity contribution is 0.504. The number of hydrogen-bond acceptors (Lipinski definition) is 2. The van der Waals surface area contributed by atoms with Crippen molar-refractivity contribution >= 4 is 0 Å². The molecule has 0 saturated heterocycles. The van der Waals surface area contributed by atoms with Gasteiger partial charge in [-0.05, 0) is 26.0 Å². The van der Waals surface area contributed by atoms with Crippen molar-refractivity contribution in [2.75, 3.05) is 6.54 Å². The Balaban J connectivity index is 2.68. The standard InChI is InChI=1S/C10H19N3/c1-4-8-13-10(6-7-12-13)9(3)11-5-2/h6-7,9,11H,4-5,8H2,1-3H3. The van der Waals surface area contributed by atoms with E-state index in [1.165, 1.54) is 5.69 Å². The number of hydrogen-bond donors (Lipinski definition) is 1. The highest BCUT2D eigenvalue weighted by Crippen LogP contribution is 2.11. The van der Waals surface area contributed by atoms with Crippen LogP contribution in [0.15, 0.2) is 12.3 Å². The third-order valence-electron chi connectivity index (χ3n) is 2.14. The summed E-state index contributed by atoms with van der Waals surface area (Å²) < 4.78 is 2.08. The van der Waals surface area contributed by atoms with Crippen LogP contribution in [0.3, 0.4) is 0 Å². The normalized spacial score (nSPS) is 13.2. The summed E-state index contributed by atoms with van der Waals surface area (Å²) in [6.07, 6.45) is 3.01. The van der Waals surface area contributed by atoms with Crippen LogP contribution in [0.2, 0.25) is 0 Å². The van der Waals surface area contributed by atoms with Gasteiger partial charge in [0, 0.05) is 18.8 Å². The zero-order valence-electron chi connectivity index (χ0n) is 8.75. The van der Waals surface area contributed by atoms with Crippen molar-refractivity contribution in [1.82, 2.24) is 15.1 Å². The maximum Gasteiger partial charge on any atom is 0.0550 e. The Kier molecular flexibility index (Phi) is 3.96. The van der Waals surface area contributed by atoms with Gasteiger partial charge in [-0.1, -0.05) is 13.8 Å². The van der Waals surface area contributed by atoms with E-state index in [-0.39, 0.29) is 0 Å². The van der Waals surface area contributed by atoms with Crippen LogP contribution in [0.4, 0.5) is 0 Å². The van der Waals surface area contributed by atoms with Crippen molar-refractivity contribution in [2.45, 2.75) is 39.8 Å². The van der Waals surface area contributed by atoms with Gasteiger partial charge in [-0.2, -0.15) is 5.10 Å². The van der Waals surface area contributed by atoms with Gasteiger partial charge in [-0.25, -0.2) is 0 Å². The molecule has 1 N–H and O–H groups in total. The van der Waals surface area contributed by atoms with E-state index in [1.807, 2.05) is 6.20 Å². The fraction of sp³-hybridized carbons (Fsp3) is 0.700. The molecule has 0 aliphatic carbocycles. The molecule has 0 bridgehead atoms. The number of nitrogens with zero attached hydrogens (tertiary/aromatic N) is 2. The highest BCUT2D eigenvalue weighted by Gasteiger charge is 2.08. The van der Waals surface area contributed by atoms with E-state index < -0.39 is 0 Å². The zero-order valence-corrected chi connectivity index (χ0v) is 8.75. The van der Waals surface area contributed by atoms with Crippen LogP contribution < -0.4 is 5.32 Å². The van der Waals surface area contributed by atoms with Crippen molar-refractivity contribution in [2.24, 2.45) is 0 Å². The molecular formula is C10H19N3. The smallest absolute Gasteiger partial charge is 0.0550 e. The highest BCUT2D eigenvalue weighted by molar-refractivity contribution is 5.05. The van der Waals surface area contributed by atoms with Gasteiger partial charge in [-0.15, -0.1) is 0 Å².